The molecule has 9 heteroatoms. The molecule has 0 aliphatic heterocycles. The van der Waals surface area contributed by atoms with E-state index >= 15 is 0 Å². The maximum atomic E-state index is 12.3. The van der Waals surface area contributed by atoms with Gasteiger partial charge in [0.1, 0.15) is 6.61 Å². The number of rotatable bonds is 38. The van der Waals surface area contributed by atoms with E-state index in [0.29, 0.717) is 6.42 Å². The number of carbonyl (C=O) groups is 2. The molecule has 8 nitrogen and oxygen atoms in total. The molecule has 0 radical (unpaired) electrons. The van der Waals surface area contributed by atoms with E-state index in [-0.39, 0.29) is 19.4 Å². The Kier molecular flexibility index (Phi) is 35.7. The summed E-state index contributed by atoms with van der Waals surface area (Å²) in [6, 6.07) is 0. The zero-order valence-corrected chi connectivity index (χ0v) is 32.8. The molecule has 0 aromatic heterocycles. The average molecular weight is 717 g/mol. The first-order valence-electron chi connectivity index (χ1n) is 20.5. The Morgan fingerprint density at radius 3 is 1.33 bits per heavy atom. The smallest absolute Gasteiger partial charge is 0.462 e. The van der Waals surface area contributed by atoms with Gasteiger partial charge in [-0.15, -0.1) is 0 Å². The first-order valence-corrected chi connectivity index (χ1v) is 22.0. The molecule has 0 amide bonds. The fraction of sp³-hybridized carbons (Fsp3) is 0.900. The van der Waals surface area contributed by atoms with Crippen LogP contribution in [0.5, 0.6) is 0 Å². The van der Waals surface area contributed by atoms with E-state index in [4.69, 9.17) is 19.3 Å². The first-order chi connectivity index (χ1) is 23.8. The van der Waals surface area contributed by atoms with Crippen molar-refractivity contribution in [2.24, 2.45) is 0 Å². The number of allylic oxidation sites excluding steroid dienone is 2. The summed E-state index contributed by atoms with van der Waals surface area (Å²) in [7, 11) is -4.74. The lowest BCUT2D eigenvalue weighted by Gasteiger charge is -2.18. The predicted molar refractivity (Wildman–Crippen MR) is 202 cm³/mol. The second-order valence-corrected chi connectivity index (χ2v) is 15.2. The molecule has 0 aromatic rings. The Morgan fingerprint density at radius 1 is 0.510 bits per heavy atom. The molecule has 290 valence electrons. The molecule has 2 N–H and O–H groups in total. The van der Waals surface area contributed by atoms with E-state index < -0.39 is 32.5 Å². The van der Waals surface area contributed by atoms with E-state index in [9.17, 15) is 14.2 Å². The Balaban J connectivity index is 3.79. The van der Waals surface area contributed by atoms with Crippen LogP contribution in [0.1, 0.15) is 213 Å². The summed E-state index contributed by atoms with van der Waals surface area (Å²) in [4.78, 5) is 42.7. The third kappa shape index (κ3) is 39.4. The molecule has 1 atom stereocenters. The van der Waals surface area contributed by atoms with Gasteiger partial charge in [0, 0.05) is 12.8 Å². The van der Waals surface area contributed by atoms with Gasteiger partial charge in [0.15, 0.2) is 6.10 Å². The summed E-state index contributed by atoms with van der Waals surface area (Å²) in [5, 5.41) is 0. The summed E-state index contributed by atoms with van der Waals surface area (Å²) in [6.45, 7) is 3.63. The number of esters is 2. The number of phosphoric acid groups is 1. The SMILES string of the molecule is CCC/C=C\CCCCCCCC(=O)OC(COC(=O)CCCCCCCCCCCCCCCCCCCCCCC)COP(=O)(O)O. The fourth-order valence-corrected chi connectivity index (χ4v) is 6.33. The third-order valence-electron chi connectivity index (χ3n) is 9.02. The number of carbonyl (C=O) groups excluding carboxylic acids is 2. The van der Waals surface area contributed by atoms with E-state index in [1.165, 1.54) is 122 Å². The predicted octanol–water partition coefficient (Wildman–Crippen LogP) is 12.2. The van der Waals surface area contributed by atoms with Crippen LogP contribution in [0, 0.1) is 0 Å². The molecule has 0 bridgehead atoms. The van der Waals surface area contributed by atoms with E-state index in [0.717, 1.165) is 57.8 Å². The van der Waals surface area contributed by atoms with Crippen LogP contribution in [0.3, 0.4) is 0 Å². The van der Waals surface area contributed by atoms with Crippen molar-refractivity contribution < 1.29 is 37.9 Å². The Bertz CT molecular complexity index is 812. The van der Waals surface area contributed by atoms with Crippen LogP contribution in [0.4, 0.5) is 0 Å². The Hall–Kier alpha value is -1.21. The van der Waals surface area contributed by atoms with Crippen LogP contribution in [-0.2, 0) is 28.2 Å². The lowest BCUT2D eigenvalue weighted by Crippen LogP contribution is -2.29. The molecule has 0 rings (SSSR count). The van der Waals surface area contributed by atoms with Gasteiger partial charge in [0.25, 0.3) is 0 Å². The number of hydrogen-bond acceptors (Lipinski definition) is 6. The van der Waals surface area contributed by atoms with Crippen molar-refractivity contribution in [3.05, 3.63) is 12.2 Å². The van der Waals surface area contributed by atoms with Crippen molar-refractivity contribution in [1.29, 1.82) is 0 Å². The molecule has 0 saturated heterocycles. The molecule has 1 unspecified atom stereocenters. The summed E-state index contributed by atoms with van der Waals surface area (Å²) in [5.74, 6) is -0.887. The van der Waals surface area contributed by atoms with Gasteiger partial charge < -0.3 is 19.3 Å². The van der Waals surface area contributed by atoms with Crippen molar-refractivity contribution in [2.75, 3.05) is 13.2 Å². The number of unbranched alkanes of at least 4 members (excludes halogenated alkanes) is 26. The fourth-order valence-electron chi connectivity index (χ4n) is 5.96. The Labute approximate surface area is 301 Å². The van der Waals surface area contributed by atoms with Gasteiger partial charge in [-0.2, -0.15) is 0 Å². The minimum atomic E-state index is -4.74. The summed E-state index contributed by atoms with van der Waals surface area (Å²) in [6.07, 6.45) is 39.5. The van der Waals surface area contributed by atoms with Crippen LogP contribution in [-0.4, -0.2) is 41.0 Å². The minimum Gasteiger partial charge on any atom is -0.462 e. The highest BCUT2D eigenvalue weighted by molar-refractivity contribution is 7.46. The van der Waals surface area contributed by atoms with Gasteiger partial charge in [-0.25, -0.2) is 4.57 Å². The van der Waals surface area contributed by atoms with Crippen LogP contribution in [0.2, 0.25) is 0 Å². The van der Waals surface area contributed by atoms with Crippen molar-refractivity contribution in [3.63, 3.8) is 0 Å². The van der Waals surface area contributed by atoms with E-state index in [2.05, 4.69) is 30.5 Å². The van der Waals surface area contributed by atoms with Crippen molar-refractivity contribution in [1.82, 2.24) is 0 Å². The summed E-state index contributed by atoms with van der Waals surface area (Å²) in [5.41, 5.74) is 0. The maximum Gasteiger partial charge on any atom is 0.469 e. The van der Waals surface area contributed by atoms with E-state index in [1.54, 1.807) is 0 Å². The lowest BCUT2D eigenvalue weighted by atomic mass is 10.0. The number of phosphoric ester groups is 1. The molecular formula is C40H77O8P. The lowest BCUT2D eigenvalue weighted by molar-refractivity contribution is -0.161. The molecule has 0 aromatic carbocycles. The van der Waals surface area contributed by atoms with Crippen molar-refractivity contribution in [3.8, 4) is 0 Å². The largest absolute Gasteiger partial charge is 0.469 e. The monoisotopic (exact) mass is 717 g/mol. The third-order valence-corrected chi connectivity index (χ3v) is 9.50. The molecule has 0 spiro atoms. The average Bonchev–Trinajstić information content (AvgIpc) is 3.07. The molecule has 0 aliphatic carbocycles. The van der Waals surface area contributed by atoms with Gasteiger partial charge in [-0.1, -0.05) is 180 Å². The van der Waals surface area contributed by atoms with Crippen molar-refractivity contribution >= 4 is 19.8 Å². The van der Waals surface area contributed by atoms with Gasteiger partial charge >= 0.3 is 19.8 Å². The minimum absolute atomic E-state index is 0.205. The zero-order chi connectivity index (χ0) is 36.1. The number of hydrogen-bond donors (Lipinski definition) is 2. The van der Waals surface area contributed by atoms with Crippen molar-refractivity contribution in [2.45, 2.75) is 219 Å². The van der Waals surface area contributed by atoms with Gasteiger partial charge in [0.2, 0.25) is 0 Å². The molecule has 49 heavy (non-hydrogen) atoms. The van der Waals surface area contributed by atoms with Crippen LogP contribution in [0.25, 0.3) is 0 Å². The van der Waals surface area contributed by atoms with Crippen LogP contribution >= 0.6 is 7.82 Å². The van der Waals surface area contributed by atoms with Crippen LogP contribution < -0.4 is 0 Å². The maximum absolute atomic E-state index is 12.3. The number of ether oxygens (including phenoxy) is 2. The zero-order valence-electron chi connectivity index (χ0n) is 31.9. The molecular weight excluding hydrogens is 639 g/mol. The van der Waals surface area contributed by atoms with Crippen LogP contribution in [0.15, 0.2) is 12.2 Å². The molecule has 0 saturated carbocycles. The Morgan fingerprint density at radius 2 is 0.898 bits per heavy atom. The summed E-state index contributed by atoms with van der Waals surface area (Å²) >= 11 is 0. The van der Waals surface area contributed by atoms with E-state index in [1.807, 2.05) is 0 Å². The summed E-state index contributed by atoms with van der Waals surface area (Å²) < 4.78 is 26.3. The van der Waals surface area contributed by atoms with Gasteiger partial charge in [0.05, 0.1) is 6.61 Å². The molecule has 0 heterocycles. The highest BCUT2D eigenvalue weighted by Crippen LogP contribution is 2.36. The second kappa shape index (κ2) is 36.6. The highest BCUT2D eigenvalue weighted by atomic mass is 31.2. The first kappa shape index (κ1) is 47.8. The molecule has 0 fully saturated rings. The van der Waals surface area contributed by atoms with Gasteiger partial charge in [-0.05, 0) is 32.1 Å². The highest BCUT2D eigenvalue weighted by Gasteiger charge is 2.22. The van der Waals surface area contributed by atoms with Gasteiger partial charge in [-0.3, -0.25) is 14.1 Å². The topological polar surface area (TPSA) is 119 Å². The molecule has 0 aliphatic rings. The normalized spacial score (nSPS) is 12.5. The quantitative estimate of drug-likeness (QED) is 0.0280. The second-order valence-electron chi connectivity index (χ2n) is 14.0. The standard InChI is InChI=1S/C40H77O8P/c1-3-5-7-9-11-13-15-16-17-18-19-20-21-22-23-24-25-27-28-30-32-34-39(41)46-36-38(37-47-49(43,44)45)48-40(42)35-33-31-29-26-14-12-10-8-6-4-2/h8,10,38H,3-7,9,11-37H2,1-2H3,(H2,43,44,45)/b10-8-.